The molecule has 23 heavy (non-hydrogen) atoms. The largest absolute Gasteiger partial charge is 0.494 e. The number of hydrogen-bond donors (Lipinski definition) is 0. The highest BCUT2D eigenvalue weighted by Crippen LogP contribution is 2.35. The van der Waals surface area contributed by atoms with Crippen molar-refractivity contribution in [2.24, 2.45) is 0 Å². The lowest BCUT2D eigenvalue weighted by Crippen LogP contribution is -1.93. The Morgan fingerprint density at radius 3 is 2.09 bits per heavy atom. The molecule has 0 radical (unpaired) electrons. The average molecular weight is 310 g/mol. The van der Waals surface area contributed by atoms with Crippen LogP contribution < -0.4 is 4.74 Å². The minimum absolute atomic E-state index is 0.309. The number of ether oxygens (including phenoxy) is 1. The third-order valence-corrected chi connectivity index (χ3v) is 3.62. The van der Waals surface area contributed by atoms with Gasteiger partial charge < -0.3 is 4.74 Å². The summed E-state index contributed by atoms with van der Waals surface area (Å²) in [7, 11) is 0. The lowest BCUT2D eigenvalue weighted by Gasteiger charge is -2.12. The van der Waals surface area contributed by atoms with Crippen LogP contribution >= 0.6 is 0 Å². The van der Waals surface area contributed by atoms with Crippen LogP contribution in [0.4, 0.5) is 8.78 Å². The van der Waals surface area contributed by atoms with Crippen molar-refractivity contribution in [3.8, 4) is 28.0 Å². The zero-order valence-electron chi connectivity index (χ0n) is 12.7. The molecule has 0 aromatic heterocycles. The van der Waals surface area contributed by atoms with Gasteiger partial charge in [0.1, 0.15) is 17.4 Å². The van der Waals surface area contributed by atoms with Gasteiger partial charge in [-0.1, -0.05) is 36.4 Å². The first kappa shape index (κ1) is 15.2. The molecular formula is C20H16F2O. The lowest BCUT2D eigenvalue weighted by atomic mass is 9.94. The quantitative estimate of drug-likeness (QED) is 0.601. The highest BCUT2D eigenvalue weighted by Gasteiger charge is 2.12. The number of halogens is 2. The van der Waals surface area contributed by atoms with Gasteiger partial charge in [0.2, 0.25) is 0 Å². The van der Waals surface area contributed by atoms with Crippen LogP contribution in [-0.4, -0.2) is 6.61 Å². The third-order valence-electron chi connectivity index (χ3n) is 3.62. The van der Waals surface area contributed by atoms with Crippen LogP contribution in [0, 0.1) is 11.6 Å². The van der Waals surface area contributed by atoms with Crippen molar-refractivity contribution in [2.45, 2.75) is 6.92 Å². The van der Waals surface area contributed by atoms with Crippen molar-refractivity contribution in [2.75, 3.05) is 6.61 Å². The first-order chi connectivity index (χ1) is 11.2. The van der Waals surface area contributed by atoms with Gasteiger partial charge in [0.05, 0.1) is 6.61 Å². The molecule has 3 rings (SSSR count). The van der Waals surface area contributed by atoms with Crippen molar-refractivity contribution in [1.29, 1.82) is 0 Å². The summed E-state index contributed by atoms with van der Waals surface area (Å²) in [4.78, 5) is 0. The van der Waals surface area contributed by atoms with Gasteiger partial charge in [-0.3, -0.25) is 0 Å². The molecular weight excluding hydrogens is 294 g/mol. The summed E-state index contributed by atoms with van der Waals surface area (Å²) >= 11 is 0. The molecule has 0 heterocycles. The van der Waals surface area contributed by atoms with Crippen molar-refractivity contribution < 1.29 is 13.5 Å². The fourth-order valence-corrected chi connectivity index (χ4v) is 2.57. The van der Waals surface area contributed by atoms with Crippen molar-refractivity contribution in [3.63, 3.8) is 0 Å². The Bertz CT molecular complexity index is 793. The van der Waals surface area contributed by atoms with Crippen LogP contribution in [0.15, 0.2) is 66.7 Å². The van der Waals surface area contributed by atoms with Gasteiger partial charge in [0.25, 0.3) is 0 Å². The molecule has 0 aliphatic rings. The highest BCUT2D eigenvalue weighted by atomic mass is 19.1. The van der Waals surface area contributed by atoms with Crippen LogP contribution in [0.2, 0.25) is 0 Å². The van der Waals surface area contributed by atoms with E-state index in [2.05, 4.69) is 0 Å². The minimum atomic E-state index is -0.312. The molecule has 0 atom stereocenters. The molecule has 0 saturated carbocycles. The molecule has 0 N–H and O–H groups in total. The minimum Gasteiger partial charge on any atom is -0.494 e. The van der Waals surface area contributed by atoms with Gasteiger partial charge in [0, 0.05) is 5.56 Å². The molecule has 0 saturated heterocycles. The Balaban J connectivity index is 2.09. The summed E-state index contributed by atoms with van der Waals surface area (Å²) in [5.74, 6) is 0.125. The Kier molecular flexibility index (Phi) is 4.38. The Hall–Kier alpha value is -2.68. The summed E-state index contributed by atoms with van der Waals surface area (Å²) < 4.78 is 33.0. The molecule has 3 heteroatoms. The molecule has 0 aliphatic heterocycles. The van der Waals surface area contributed by atoms with Crippen LogP contribution in [0.25, 0.3) is 22.3 Å². The second kappa shape index (κ2) is 6.61. The number of benzene rings is 3. The average Bonchev–Trinajstić information content (AvgIpc) is 2.57. The summed E-state index contributed by atoms with van der Waals surface area (Å²) in [5, 5.41) is 0. The zero-order chi connectivity index (χ0) is 16.2. The summed E-state index contributed by atoms with van der Waals surface area (Å²) in [6.07, 6.45) is 0. The van der Waals surface area contributed by atoms with Crippen LogP contribution in [-0.2, 0) is 0 Å². The van der Waals surface area contributed by atoms with E-state index in [-0.39, 0.29) is 11.6 Å². The van der Waals surface area contributed by atoms with Gasteiger partial charge in [-0.25, -0.2) is 8.78 Å². The topological polar surface area (TPSA) is 9.23 Å². The first-order valence-corrected chi connectivity index (χ1v) is 7.46. The molecule has 1 nitrogen and oxygen atoms in total. The Labute approximate surface area is 134 Å². The summed E-state index contributed by atoms with van der Waals surface area (Å²) in [6.45, 7) is 2.50. The van der Waals surface area contributed by atoms with Crippen LogP contribution in [0.3, 0.4) is 0 Å². The van der Waals surface area contributed by atoms with Crippen LogP contribution in [0.1, 0.15) is 6.92 Å². The summed E-state index contributed by atoms with van der Waals surface area (Å²) in [6, 6.07) is 18.3. The van der Waals surface area contributed by atoms with Gasteiger partial charge in [-0.2, -0.15) is 0 Å². The highest BCUT2D eigenvalue weighted by molar-refractivity contribution is 5.84. The number of hydrogen-bond acceptors (Lipinski definition) is 1. The smallest absolute Gasteiger partial charge is 0.131 e. The Morgan fingerprint density at radius 2 is 1.43 bits per heavy atom. The molecule has 0 fully saturated rings. The second-order valence-electron chi connectivity index (χ2n) is 5.13. The molecule has 3 aromatic carbocycles. The SMILES string of the molecule is CCOc1ccc(-c2c(F)cccc2-c2ccc(F)cc2)cc1. The van der Waals surface area contributed by atoms with Gasteiger partial charge in [0.15, 0.2) is 0 Å². The Morgan fingerprint density at radius 1 is 0.783 bits per heavy atom. The standard InChI is InChI=1S/C20H16F2O/c1-2-23-17-12-8-15(9-13-17)20-18(4-3-5-19(20)22)14-6-10-16(21)11-7-14/h3-13H,2H2,1H3. The van der Waals surface area contributed by atoms with E-state index < -0.39 is 0 Å². The van der Waals surface area contributed by atoms with Gasteiger partial charge in [-0.15, -0.1) is 0 Å². The fourth-order valence-electron chi connectivity index (χ4n) is 2.57. The van der Waals surface area contributed by atoms with E-state index in [0.717, 1.165) is 22.4 Å². The van der Waals surface area contributed by atoms with E-state index in [1.165, 1.54) is 18.2 Å². The second-order valence-corrected chi connectivity index (χ2v) is 5.13. The van der Waals surface area contributed by atoms with Gasteiger partial charge >= 0.3 is 0 Å². The number of rotatable bonds is 4. The molecule has 0 amide bonds. The third kappa shape index (κ3) is 3.24. The monoisotopic (exact) mass is 310 g/mol. The predicted octanol–water partition coefficient (Wildman–Crippen LogP) is 5.70. The van der Waals surface area contributed by atoms with Crippen molar-refractivity contribution in [3.05, 3.63) is 78.4 Å². The van der Waals surface area contributed by atoms with Crippen molar-refractivity contribution >= 4 is 0 Å². The molecule has 0 aliphatic carbocycles. The molecule has 3 aromatic rings. The normalized spacial score (nSPS) is 10.6. The molecule has 0 bridgehead atoms. The van der Waals surface area contributed by atoms with E-state index in [4.69, 9.17) is 4.74 Å². The van der Waals surface area contributed by atoms with E-state index >= 15 is 0 Å². The first-order valence-electron chi connectivity index (χ1n) is 7.46. The maximum atomic E-state index is 14.4. The fraction of sp³-hybridized carbons (Fsp3) is 0.100. The van der Waals surface area contributed by atoms with E-state index in [1.54, 1.807) is 18.2 Å². The predicted molar refractivity (Wildman–Crippen MR) is 88.4 cm³/mol. The molecule has 0 unspecified atom stereocenters. The van der Waals surface area contributed by atoms with Crippen molar-refractivity contribution in [1.82, 2.24) is 0 Å². The van der Waals surface area contributed by atoms with E-state index in [0.29, 0.717) is 12.2 Å². The van der Waals surface area contributed by atoms with Crippen LogP contribution in [0.5, 0.6) is 5.75 Å². The molecule has 116 valence electrons. The maximum Gasteiger partial charge on any atom is 0.131 e. The lowest BCUT2D eigenvalue weighted by molar-refractivity contribution is 0.340. The van der Waals surface area contributed by atoms with E-state index in [1.807, 2.05) is 37.3 Å². The summed E-state index contributed by atoms with van der Waals surface area (Å²) in [5.41, 5.74) is 2.76. The zero-order valence-corrected chi connectivity index (χ0v) is 12.7. The molecule has 0 spiro atoms. The van der Waals surface area contributed by atoms with E-state index in [9.17, 15) is 8.78 Å². The van der Waals surface area contributed by atoms with Gasteiger partial charge in [-0.05, 0) is 53.9 Å². The maximum absolute atomic E-state index is 14.4.